The van der Waals surface area contributed by atoms with Crippen LogP contribution in [0.5, 0.6) is 0 Å². The largest absolute Gasteiger partial charge is 0.490 e. The number of rotatable bonds is 2. The fourth-order valence-electron chi connectivity index (χ4n) is 2.09. The van der Waals surface area contributed by atoms with Gasteiger partial charge in [-0.3, -0.25) is 0 Å². The highest BCUT2D eigenvalue weighted by Crippen LogP contribution is 2.27. The molecule has 16 heavy (non-hydrogen) atoms. The third-order valence-corrected chi connectivity index (χ3v) is 2.94. The Hall–Kier alpha value is -1.50. The highest BCUT2D eigenvalue weighted by atomic mass is 16.6. The molecule has 0 saturated heterocycles. The molecule has 7 nitrogen and oxygen atoms in total. The summed E-state index contributed by atoms with van der Waals surface area (Å²) in [5, 5.41) is 24.1. The molecule has 0 amide bonds. The SMILES string of the molecule is O=[N+]([O-])c1ncn(C2CCCCCC2O)n1. The maximum Gasteiger partial charge on any atom is 0.490 e. The molecular formula is C9H14N4O3. The number of aromatic nitrogens is 3. The Bertz CT molecular complexity index is 379. The van der Waals surface area contributed by atoms with E-state index in [1.807, 2.05) is 0 Å². The first-order valence-electron chi connectivity index (χ1n) is 5.42. The lowest BCUT2D eigenvalue weighted by atomic mass is 10.1. The minimum atomic E-state index is -0.625. The molecule has 2 rings (SSSR count). The summed E-state index contributed by atoms with van der Waals surface area (Å²) in [4.78, 5) is 13.4. The van der Waals surface area contributed by atoms with Crippen LogP contribution in [0.25, 0.3) is 0 Å². The Labute approximate surface area is 92.3 Å². The van der Waals surface area contributed by atoms with Crippen LogP contribution in [0.4, 0.5) is 5.95 Å². The van der Waals surface area contributed by atoms with E-state index in [0.717, 1.165) is 32.1 Å². The highest BCUT2D eigenvalue weighted by Gasteiger charge is 2.27. The van der Waals surface area contributed by atoms with Crippen molar-refractivity contribution in [1.82, 2.24) is 14.8 Å². The zero-order valence-corrected chi connectivity index (χ0v) is 8.82. The maximum atomic E-state index is 10.5. The van der Waals surface area contributed by atoms with Gasteiger partial charge in [0.15, 0.2) is 0 Å². The summed E-state index contributed by atoms with van der Waals surface area (Å²) in [5.41, 5.74) is 0. The predicted molar refractivity (Wildman–Crippen MR) is 54.8 cm³/mol. The molecular weight excluding hydrogens is 212 g/mol. The van der Waals surface area contributed by atoms with Crippen molar-refractivity contribution in [3.05, 3.63) is 16.4 Å². The van der Waals surface area contributed by atoms with Gasteiger partial charge in [0.2, 0.25) is 6.33 Å². The van der Waals surface area contributed by atoms with Gasteiger partial charge in [0.1, 0.15) is 0 Å². The highest BCUT2D eigenvalue weighted by molar-refractivity contribution is 4.98. The molecule has 1 aromatic heterocycles. The molecule has 7 heteroatoms. The van der Waals surface area contributed by atoms with E-state index < -0.39 is 17.0 Å². The van der Waals surface area contributed by atoms with Crippen LogP contribution in [0.2, 0.25) is 0 Å². The van der Waals surface area contributed by atoms with Crippen LogP contribution in [-0.4, -0.2) is 30.9 Å². The van der Waals surface area contributed by atoms with Crippen LogP contribution in [0.3, 0.4) is 0 Å². The predicted octanol–water partition coefficient (Wildman–Crippen LogP) is 1.05. The molecule has 1 N–H and O–H groups in total. The van der Waals surface area contributed by atoms with E-state index in [2.05, 4.69) is 10.1 Å². The van der Waals surface area contributed by atoms with Gasteiger partial charge in [0.25, 0.3) is 0 Å². The van der Waals surface area contributed by atoms with Crippen LogP contribution >= 0.6 is 0 Å². The van der Waals surface area contributed by atoms with Crippen molar-refractivity contribution in [1.29, 1.82) is 0 Å². The molecule has 0 aliphatic heterocycles. The Kier molecular flexibility index (Phi) is 3.14. The molecule has 1 saturated carbocycles. The van der Waals surface area contributed by atoms with E-state index in [-0.39, 0.29) is 6.04 Å². The normalized spacial score (nSPS) is 26.3. The molecule has 1 aromatic rings. The lowest BCUT2D eigenvalue weighted by molar-refractivity contribution is -0.394. The Morgan fingerprint density at radius 2 is 2.19 bits per heavy atom. The van der Waals surface area contributed by atoms with Crippen molar-refractivity contribution in [2.24, 2.45) is 0 Å². The second kappa shape index (κ2) is 4.56. The monoisotopic (exact) mass is 226 g/mol. The summed E-state index contributed by atoms with van der Waals surface area (Å²) in [6.07, 6.45) is 5.45. The summed E-state index contributed by atoms with van der Waals surface area (Å²) < 4.78 is 1.42. The number of aliphatic hydroxyl groups excluding tert-OH is 1. The molecule has 0 spiro atoms. The summed E-state index contributed by atoms with van der Waals surface area (Å²) in [7, 11) is 0. The summed E-state index contributed by atoms with van der Waals surface area (Å²) in [6, 6.07) is -0.177. The standard InChI is InChI=1S/C9H14N4O3/c14-8-5-3-1-2-4-7(8)12-6-10-9(11-12)13(15)16/h6-8,14H,1-5H2. The Morgan fingerprint density at radius 1 is 1.44 bits per heavy atom. The molecule has 2 atom stereocenters. The molecule has 88 valence electrons. The first-order valence-corrected chi connectivity index (χ1v) is 5.42. The Morgan fingerprint density at radius 3 is 2.88 bits per heavy atom. The van der Waals surface area contributed by atoms with Crippen LogP contribution in [-0.2, 0) is 0 Å². The number of aliphatic hydroxyl groups is 1. The lowest BCUT2D eigenvalue weighted by Gasteiger charge is -2.17. The minimum Gasteiger partial charge on any atom is -0.391 e. The van der Waals surface area contributed by atoms with Crippen molar-refractivity contribution in [2.75, 3.05) is 0 Å². The zero-order valence-electron chi connectivity index (χ0n) is 8.82. The van der Waals surface area contributed by atoms with Gasteiger partial charge in [-0.15, -0.1) is 0 Å². The van der Waals surface area contributed by atoms with E-state index in [9.17, 15) is 15.2 Å². The number of hydrogen-bond acceptors (Lipinski definition) is 5. The number of nitro groups is 1. The zero-order chi connectivity index (χ0) is 11.5. The maximum absolute atomic E-state index is 10.5. The van der Waals surface area contributed by atoms with Crippen LogP contribution in [0.15, 0.2) is 6.33 Å². The smallest absolute Gasteiger partial charge is 0.391 e. The molecule has 1 fully saturated rings. The van der Waals surface area contributed by atoms with Gasteiger partial charge in [0.05, 0.1) is 12.1 Å². The number of hydrogen-bond donors (Lipinski definition) is 1. The van der Waals surface area contributed by atoms with Crippen molar-refractivity contribution in [2.45, 2.75) is 44.2 Å². The van der Waals surface area contributed by atoms with Crippen LogP contribution in [0, 0.1) is 10.1 Å². The second-order valence-corrected chi connectivity index (χ2v) is 4.05. The molecule has 2 unspecified atom stereocenters. The average molecular weight is 226 g/mol. The lowest BCUT2D eigenvalue weighted by Crippen LogP contribution is -2.23. The molecule has 0 radical (unpaired) electrons. The fraction of sp³-hybridized carbons (Fsp3) is 0.778. The summed E-state index contributed by atoms with van der Waals surface area (Å²) in [6.45, 7) is 0. The third-order valence-electron chi connectivity index (χ3n) is 2.94. The molecule has 1 aliphatic rings. The van der Waals surface area contributed by atoms with Crippen molar-refractivity contribution in [3.8, 4) is 0 Å². The molecule has 1 heterocycles. The fourth-order valence-corrected chi connectivity index (χ4v) is 2.09. The van der Waals surface area contributed by atoms with E-state index in [4.69, 9.17) is 0 Å². The first-order chi connectivity index (χ1) is 7.68. The van der Waals surface area contributed by atoms with E-state index in [0.29, 0.717) is 0 Å². The minimum absolute atomic E-state index is 0.177. The topological polar surface area (TPSA) is 94.1 Å². The van der Waals surface area contributed by atoms with Gasteiger partial charge in [0, 0.05) is 5.10 Å². The summed E-state index contributed by atoms with van der Waals surface area (Å²) >= 11 is 0. The van der Waals surface area contributed by atoms with Gasteiger partial charge in [-0.2, -0.15) is 4.68 Å². The van der Waals surface area contributed by atoms with E-state index >= 15 is 0 Å². The van der Waals surface area contributed by atoms with Crippen LogP contribution in [0.1, 0.15) is 38.1 Å². The molecule has 0 aromatic carbocycles. The van der Waals surface area contributed by atoms with Gasteiger partial charge in [-0.05, 0) is 17.8 Å². The molecule has 1 aliphatic carbocycles. The van der Waals surface area contributed by atoms with Gasteiger partial charge >= 0.3 is 5.95 Å². The number of nitrogens with zero attached hydrogens (tertiary/aromatic N) is 4. The first kappa shape index (κ1) is 11.0. The van der Waals surface area contributed by atoms with E-state index in [1.54, 1.807) is 0 Å². The average Bonchev–Trinajstić information content (AvgIpc) is 2.63. The van der Waals surface area contributed by atoms with Crippen molar-refractivity contribution < 1.29 is 10.0 Å². The Balaban J connectivity index is 2.17. The van der Waals surface area contributed by atoms with Gasteiger partial charge in [-0.1, -0.05) is 24.2 Å². The van der Waals surface area contributed by atoms with Crippen molar-refractivity contribution >= 4 is 5.95 Å². The third kappa shape index (κ3) is 2.19. The second-order valence-electron chi connectivity index (χ2n) is 4.05. The van der Waals surface area contributed by atoms with Crippen LogP contribution < -0.4 is 0 Å². The quantitative estimate of drug-likeness (QED) is 0.462. The van der Waals surface area contributed by atoms with E-state index in [1.165, 1.54) is 11.0 Å². The summed E-state index contributed by atoms with van der Waals surface area (Å²) in [5.74, 6) is -0.406. The van der Waals surface area contributed by atoms with Crippen molar-refractivity contribution in [3.63, 3.8) is 0 Å². The van der Waals surface area contributed by atoms with Gasteiger partial charge in [-0.25, -0.2) is 0 Å². The molecule has 0 bridgehead atoms. The van der Waals surface area contributed by atoms with Gasteiger partial charge < -0.3 is 15.2 Å².